The van der Waals surface area contributed by atoms with Crippen LogP contribution in [0.5, 0.6) is 0 Å². The fraction of sp³-hybridized carbons (Fsp3) is 0.833. The Morgan fingerprint density at radius 3 is 2.44 bits per heavy atom. The molecule has 0 radical (unpaired) electrons. The number of hydrogen-bond donors (Lipinski definition) is 0. The number of hydrogen-bond acceptors (Lipinski definition) is 2. The molecule has 0 spiro atoms. The summed E-state index contributed by atoms with van der Waals surface area (Å²) in [5.74, 6) is 0. The first-order valence-electron chi connectivity index (χ1n) is 2.84. The van der Waals surface area contributed by atoms with Crippen LogP contribution >= 0.6 is 22.6 Å². The molecule has 0 aromatic heterocycles. The highest BCUT2D eigenvalue weighted by Crippen LogP contribution is 2.32. The lowest BCUT2D eigenvalue weighted by Crippen LogP contribution is -2.43. The third-order valence-electron chi connectivity index (χ3n) is 1.55. The van der Waals surface area contributed by atoms with Crippen LogP contribution in [0.15, 0.2) is 0 Å². The third kappa shape index (κ3) is 1.36. The van der Waals surface area contributed by atoms with Crippen LogP contribution in [0.25, 0.3) is 0 Å². The molecule has 0 aliphatic carbocycles. The van der Waals surface area contributed by atoms with Gasteiger partial charge in [0.1, 0.15) is 0 Å². The summed E-state index contributed by atoms with van der Waals surface area (Å²) in [5, 5.41) is 8.39. The quantitative estimate of drug-likeness (QED) is 0.536. The molecule has 0 unspecified atom stereocenters. The van der Waals surface area contributed by atoms with Gasteiger partial charge in [0.25, 0.3) is 0 Å². The zero-order valence-corrected chi connectivity index (χ0v) is 7.22. The number of nitriles is 1. The molecule has 3 heteroatoms. The molecule has 0 bridgehead atoms. The smallest absolute Gasteiger partial charge is 0.0629 e. The van der Waals surface area contributed by atoms with Crippen molar-refractivity contribution in [1.82, 2.24) is 0 Å². The second-order valence-electron chi connectivity index (χ2n) is 2.46. The van der Waals surface area contributed by atoms with Crippen molar-refractivity contribution in [1.29, 1.82) is 5.26 Å². The first-order valence-corrected chi connectivity index (χ1v) is 4.36. The average Bonchev–Trinajstić information content (AvgIpc) is 1.79. The van der Waals surface area contributed by atoms with Crippen LogP contribution in [0.2, 0.25) is 0 Å². The van der Waals surface area contributed by atoms with Crippen molar-refractivity contribution in [3.8, 4) is 6.07 Å². The van der Waals surface area contributed by atoms with Crippen molar-refractivity contribution in [2.24, 2.45) is 5.41 Å². The number of nitrogens with zero attached hydrogens (tertiary/aromatic N) is 1. The highest BCUT2D eigenvalue weighted by atomic mass is 127. The van der Waals surface area contributed by atoms with Gasteiger partial charge in [-0.15, -0.1) is 0 Å². The lowest BCUT2D eigenvalue weighted by Gasteiger charge is -2.37. The van der Waals surface area contributed by atoms with E-state index in [0.717, 1.165) is 17.6 Å². The van der Waals surface area contributed by atoms with Gasteiger partial charge in [0.05, 0.1) is 19.3 Å². The fourth-order valence-electron chi connectivity index (χ4n) is 0.785. The first-order chi connectivity index (χ1) is 4.33. The van der Waals surface area contributed by atoms with Gasteiger partial charge in [-0.2, -0.15) is 5.26 Å². The number of alkyl halides is 1. The Bertz CT molecular complexity index is 131. The molecule has 1 heterocycles. The minimum absolute atomic E-state index is 0.218. The molecule has 1 aliphatic heterocycles. The molecular formula is C6H8INO. The van der Waals surface area contributed by atoms with Gasteiger partial charge in [-0.25, -0.2) is 0 Å². The topological polar surface area (TPSA) is 33.0 Å². The fourth-order valence-corrected chi connectivity index (χ4v) is 1.49. The minimum Gasteiger partial charge on any atom is -0.380 e. The zero-order chi connectivity index (χ0) is 6.74. The summed E-state index contributed by atoms with van der Waals surface area (Å²) in [5.41, 5.74) is 0.218. The standard InChI is InChI=1S/C6H8INO/c7-3-6(1-2-8)4-9-5-6/h1,3-5H2. The SMILES string of the molecule is N#CCC1(CI)COC1. The van der Waals surface area contributed by atoms with Crippen molar-refractivity contribution in [3.63, 3.8) is 0 Å². The van der Waals surface area contributed by atoms with Crippen molar-refractivity contribution >= 4 is 22.6 Å². The van der Waals surface area contributed by atoms with Crippen LogP contribution in [0.4, 0.5) is 0 Å². The van der Waals surface area contributed by atoms with E-state index in [0.29, 0.717) is 6.42 Å². The van der Waals surface area contributed by atoms with Crippen LogP contribution in [0, 0.1) is 16.7 Å². The Balaban J connectivity index is 2.39. The van der Waals surface area contributed by atoms with Crippen LogP contribution < -0.4 is 0 Å². The van der Waals surface area contributed by atoms with E-state index in [1.54, 1.807) is 0 Å². The lowest BCUT2D eigenvalue weighted by molar-refractivity contribution is -0.0929. The summed E-state index contributed by atoms with van der Waals surface area (Å²) in [6.45, 7) is 1.56. The summed E-state index contributed by atoms with van der Waals surface area (Å²) in [6, 6.07) is 2.18. The van der Waals surface area contributed by atoms with E-state index in [9.17, 15) is 0 Å². The molecule has 50 valence electrons. The van der Waals surface area contributed by atoms with Crippen molar-refractivity contribution in [2.45, 2.75) is 6.42 Å². The summed E-state index contributed by atoms with van der Waals surface area (Å²) >= 11 is 2.31. The molecule has 1 rings (SSSR count). The summed E-state index contributed by atoms with van der Waals surface area (Å²) in [6.07, 6.45) is 0.649. The van der Waals surface area contributed by atoms with Crippen molar-refractivity contribution < 1.29 is 4.74 Å². The molecule has 2 nitrogen and oxygen atoms in total. The Labute approximate surface area is 68.3 Å². The molecule has 0 amide bonds. The van der Waals surface area contributed by atoms with Crippen LogP contribution in [0.3, 0.4) is 0 Å². The second kappa shape index (κ2) is 2.84. The molecule has 0 N–H and O–H groups in total. The van der Waals surface area contributed by atoms with Crippen LogP contribution in [-0.4, -0.2) is 17.6 Å². The summed E-state index contributed by atoms with van der Waals surface area (Å²) in [7, 11) is 0. The van der Waals surface area contributed by atoms with E-state index in [2.05, 4.69) is 28.7 Å². The maximum absolute atomic E-state index is 8.39. The van der Waals surface area contributed by atoms with E-state index in [1.807, 2.05) is 0 Å². The van der Waals surface area contributed by atoms with Gasteiger partial charge >= 0.3 is 0 Å². The van der Waals surface area contributed by atoms with Gasteiger partial charge in [0, 0.05) is 16.3 Å². The van der Waals surface area contributed by atoms with Gasteiger partial charge in [-0.3, -0.25) is 0 Å². The van der Waals surface area contributed by atoms with E-state index >= 15 is 0 Å². The highest BCUT2D eigenvalue weighted by molar-refractivity contribution is 14.1. The average molecular weight is 237 g/mol. The van der Waals surface area contributed by atoms with E-state index < -0.39 is 0 Å². The summed E-state index contributed by atoms with van der Waals surface area (Å²) < 4.78 is 6.07. The maximum atomic E-state index is 8.39. The normalized spacial score (nSPS) is 22.2. The Morgan fingerprint density at radius 1 is 1.67 bits per heavy atom. The third-order valence-corrected chi connectivity index (χ3v) is 3.17. The second-order valence-corrected chi connectivity index (χ2v) is 3.22. The molecule has 0 aromatic rings. The van der Waals surface area contributed by atoms with E-state index in [-0.39, 0.29) is 5.41 Å². The summed E-state index contributed by atoms with van der Waals surface area (Å²) in [4.78, 5) is 0. The molecule has 1 saturated heterocycles. The molecule has 1 fully saturated rings. The Hall–Kier alpha value is 0.180. The predicted molar refractivity (Wildman–Crippen MR) is 42.4 cm³/mol. The molecular weight excluding hydrogens is 229 g/mol. The van der Waals surface area contributed by atoms with E-state index in [4.69, 9.17) is 10.00 Å². The lowest BCUT2D eigenvalue weighted by atomic mass is 9.86. The van der Waals surface area contributed by atoms with Gasteiger partial charge in [0.15, 0.2) is 0 Å². The highest BCUT2D eigenvalue weighted by Gasteiger charge is 2.37. The first kappa shape index (κ1) is 7.29. The molecule has 9 heavy (non-hydrogen) atoms. The molecule has 0 aromatic carbocycles. The monoisotopic (exact) mass is 237 g/mol. The Kier molecular flexibility index (Phi) is 2.30. The predicted octanol–water partition coefficient (Wildman–Crippen LogP) is 1.35. The van der Waals surface area contributed by atoms with Crippen molar-refractivity contribution in [2.75, 3.05) is 17.6 Å². The molecule has 0 atom stereocenters. The number of ether oxygens (including phenoxy) is 1. The maximum Gasteiger partial charge on any atom is 0.0629 e. The number of rotatable bonds is 2. The van der Waals surface area contributed by atoms with Gasteiger partial charge < -0.3 is 4.74 Å². The minimum atomic E-state index is 0.218. The van der Waals surface area contributed by atoms with Crippen LogP contribution in [0.1, 0.15) is 6.42 Å². The largest absolute Gasteiger partial charge is 0.380 e. The van der Waals surface area contributed by atoms with Gasteiger partial charge in [-0.1, -0.05) is 22.6 Å². The zero-order valence-electron chi connectivity index (χ0n) is 5.06. The van der Waals surface area contributed by atoms with Crippen molar-refractivity contribution in [3.05, 3.63) is 0 Å². The molecule has 0 saturated carbocycles. The van der Waals surface area contributed by atoms with Gasteiger partial charge in [-0.05, 0) is 0 Å². The Morgan fingerprint density at radius 2 is 2.33 bits per heavy atom. The number of halogens is 1. The molecule has 1 aliphatic rings. The van der Waals surface area contributed by atoms with E-state index in [1.165, 1.54) is 0 Å². The van der Waals surface area contributed by atoms with Gasteiger partial charge in [0.2, 0.25) is 0 Å². The van der Waals surface area contributed by atoms with Crippen LogP contribution in [-0.2, 0) is 4.74 Å².